The van der Waals surface area contributed by atoms with Crippen molar-refractivity contribution in [3.8, 4) is 5.75 Å². The van der Waals surface area contributed by atoms with Gasteiger partial charge in [-0.05, 0) is 0 Å². The third kappa shape index (κ3) is 3.91. The summed E-state index contributed by atoms with van der Waals surface area (Å²) in [5.41, 5.74) is 0. The number of nitrogens with zero attached hydrogens (tertiary/aromatic N) is 6. The molecule has 170 valence electrons. The molecule has 0 unspecified atom stereocenters. The Bertz CT molecular complexity index is 765. The molecule has 5 rings (SSSR count). The van der Waals surface area contributed by atoms with E-state index >= 15 is 0 Å². The fourth-order valence-corrected chi connectivity index (χ4v) is 13.3. The van der Waals surface area contributed by atoms with E-state index in [4.69, 9.17) is 23.8 Å². The van der Waals surface area contributed by atoms with Gasteiger partial charge in [0.2, 0.25) is 0 Å². The van der Waals surface area contributed by atoms with Crippen LogP contribution >= 0.6 is 17.8 Å². The van der Waals surface area contributed by atoms with Crippen molar-refractivity contribution in [3.63, 3.8) is 0 Å². The predicted molar refractivity (Wildman–Crippen MR) is 121 cm³/mol. The van der Waals surface area contributed by atoms with E-state index in [1.165, 1.54) is 0 Å². The Morgan fingerprint density at radius 1 is 0.742 bits per heavy atom. The molecule has 4 aliphatic heterocycles. The summed E-state index contributed by atoms with van der Waals surface area (Å²) in [6, 6.07) is 9.74. The number of hydrogen-bond acceptors (Lipinski definition) is 11. The van der Waals surface area contributed by atoms with Crippen molar-refractivity contribution < 1.29 is 18.9 Å². The topological polar surface area (TPSA) is 83.7 Å². The molecular formula is C19H29N6O4PS. The number of rotatable bonds is 4. The van der Waals surface area contributed by atoms with Gasteiger partial charge in [0.25, 0.3) is 0 Å². The molecule has 3 saturated heterocycles. The molecular weight excluding hydrogens is 439 g/mol. The first-order chi connectivity index (χ1) is 15.3. The van der Waals surface area contributed by atoms with Gasteiger partial charge in [0.15, 0.2) is 0 Å². The minimum atomic E-state index is -3.39. The number of hydrogen-bond donors (Lipinski definition) is 0. The SMILES string of the molecule is c1ccc(OC2=NN=NP(N3CCOCC3)(N3CCOCC3)(N3CCOCC3)S2)cc1. The molecule has 0 aromatic heterocycles. The molecule has 1 aromatic carbocycles. The van der Waals surface area contributed by atoms with Crippen molar-refractivity contribution in [2.75, 3.05) is 78.9 Å². The second kappa shape index (κ2) is 9.36. The van der Waals surface area contributed by atoms with Gasteiger partial charge < -0.3 is 0 Å². The molecule has 12 heteroatoms. The first kappa shape index (κ1) is 21.7. The number of ether oxygens (including phenoxy) is 4. The van der Waals surface area contributed by atoms with Gasteiger partial charge in [0, 0.05) is 0 Å². The maximum atomic E-state index is 6.23. The Hall–Kier alpha value is -1.17. The molecule has 3 fully saturated rings. The van der Waals surface area contributed by atoms with Crippen molar-refractivity contribution in [3.05, 3.63) is 30.3 Å². The molecule has 31 heavy (non-hydrogen) atoms. The molecule has 10 nitrogen and oxygen atoms in total. The maximum absolute atomic E-state index is 6.23. The molecule has 0 amide bonds. The summed E-state index contributed by atoms with van der Waals surface area (Å²) in [5, 5.41) is 9.24. The molecule has 4 aliphatic rings. The Morgan fingerprint density at radius 3 is 1.71 bits per heavy atom. The monoisotopic (exact) mass is 468 g/mol. The normalized spacial score (nSPS) is 28.9. The molecule has 4 heterocycles. The molecule has 0 aliphatic carbocycles. The van der Waals surface area contributed by atoms with Crippen molar-refractivity contribution in [2.24, 2.45) is 15.2 Å². The van der Waals surface area contributed by atoms with E-state index in [1.54, 1.807) is 11.4 Å². The fourth-order valence-electron chi connectivity index (χ4n) is 4.52. The molecule has 0 radical (unpaired) electrons. The number of benzene rings is 1. The van der Waals surface area contributed by atoms with E-state index in [0.29, 0.717) is 44.9 Å². The van der Waals surface area contributed by atoms with Gasteiger partial charge in [-0.25, -0.2) is 0 Å². The van der Waals surface area contributed by atoms with Crippen molar-refractivity contribution in [1.29, 1.82) is 0 Å². The van der Waals surface area contributed by atoms with E-state index in [2.05, 4.69) is 24.3 Å². The number of morpholine rings is 3. The summed E-state index contributed by atoms with van der Waals surface area (Å²) in [7, 11) is 0. The van der Waals surface area contributed by atoms with E-state index in [0.717, 1.165) is 45.0 Å². The molecule has 1 aromatic rings. The van der Waals surface area contributed by atoms with E-state index < -0.39 is 6.41 Å². The van der Waals surface area contributed by atoms with Crippen LogP contribution in [0.15, 0.2) is 45.5 Å². The van der Waals surface area contributed by atoms with Gasteiger partial charge in [-0.2, -0.15) is 0 Å². The Morgan fingerprint density at radius 2 is 1.23 bits per heavy atom. The van der Waals surface area contributed by atoms with E-state index in [-0.39, 0.29) is 0 Å². The summed E-state index contributed by atoms with van der Waals surface area (Å²) >= 11 is 1.65. The van der Waals surface area contributed by atoms with Crippen LogP contribution in [0.5, 0.6) is 5.75 Å². The minimum absolute atomic E-state index is 0.531. The average molecular weight is 469 g/mol. The second-order valence-corrected chi connectivity index (χ2v) is 14.3. The first-order valence-electron chi connectivity index (χ1n) is 10.8. The molecule has 0 atom stereocenters. The van der Waals surface area contributed by atoms with Gasteiger partial charge in [0.1, 0.15) is 0 Å². The average Bonchev–Trinajstić information content (AvgIpc) is 2.86. The molecule has 0 saturated carbocycles. The molecule has 0 spiro atoms. The standard InChI is InChI=1S/C19H29N6O4PS/c1-2-4-18(5-3-1)29-19-20-21-22-30(31-19,23-6-12-26-13-7-23,24-8-14-27-15-9-24)25-10-16-28-17-11-25/h1-5H,6-17H2. The van der Waals surface area contributed by atoms with Gasteiger partial charge in [-0.3, -0.25) is 0 Å². The number of para-hydroxylation sites is 1. The van der Waals surface area contributed by atoms with Crippen LogP contribution in [-0.4, -0.2) is 98.2 Å². The zero-order valence-electron chi connectivity index (χ0n) is 17.5. The van der Waals surface area contributed by atoms with E-state index in [1.807, 2.05) is 30.3 Å². The molecule has 0 bridgehead atoms. The van der Waals surface area contributed by atoms with Crippen LogP contribution < -0.4 is 4.74 Å². The third-order valence-electron chi connectivity index (χ3n) is 5.96. The van der Waals surface area contributed by atoms with Gasteiger partial charge in [-0.1, -0.05) is 0 Å². The summed E-state index contributed by atoms with van der Waals surface area (Å²) in [4.78, 5) is 5.12. The fraction of sp³-hybridized carbons (Fsp3) is 0.632. The van der Waals surface area contributed by atoms with Crippen LogP contribution in [0.3, 0.4) is 0 Å². The Balaban J connectivity index is 1.59. The van der Waals surface area contributed by atoms with Crippen LogP contribution in [0.4, 0.5) is 0 Å². The predicted octanol–water partition coefficient (Wildman–Crippen LogP) is 2.66. The van der Waals surface area contributed by atoms with Crippen LogP contribution in [0, 0.1) is 0 Å². The Kier molecular flexibility index (Phi) is 6.54. The Labute approximate surface area is 186 Å². The van der Waals surface area contributed by atoms with Crippen LogP contribution in [0.1, 0.15) is 0 Å². The van der Waals surface area contributed by atoms with Crippen molar-refractivity contribution >= 4 is 23.0 Å². The van der Waals surface area contributed by atoms with Gasteiger partial charge in [-0.15, -0.1) is 0 Å². The second-order valence-electron chi connectivity index (χ2n) is 7.61. The van der Waals surface area contributed by atoms with Gasteiger partial charge >= 0.3 is 186 Å². The third-order valence-corrected chi connectivity index (χ3v) is 14.9. The van der Waals surface area contributed by atoms with Gasteiger partial charge in [0.05, 0.1) is 0 Å². The van der Waals surface area contributed by atoms with Crippen LogP contribution in [0.2, 0.25) is 0 Å². The van der Waals surface area contributed by atoms with Crippen LogP contribution in [-0.2, 0) is 14.2 Å². The summed E-state index contributed by atoms with van der Waals surface area (Å²) < 4.78 is 30.9. The summed E-state index contributed by atoms with van der Waals surface area (Å²) in [6.07, 6.45) is -3.39. The zero-order chi connectivity index (χ0) is 21.0. The van der Waals surface area contributed by atoms with E-state index in [9.17, 15) is 0 Å². The van der Waals surface area contributed by atoms with Crippen molar-refractivity contribution in [2.45, 2.75) is 0 Å². The summed E-state index contributed by atoms with van der Waals surface area (Å²) in [6.45, 7) is 8.78. The summed E-state index contributed by atoms with van der Waals surface area (Å²) in [5.74, 6) is 0.744. The quantitative estimate of drug-likeness (QED) is 0.624. The zero-order valence-corrected chi connectivity index (χ0v) is 19.3. The van der Waals surface area contributed by atoms with Crippen LogP contribution in [0.25, 0.3) is 0 Å². The molecule has 0 N–H and O–H groups in total. The first-order valence-corrected chi connectivity index (χ1v) is 14.2. The van der Waals surface area contributed by atoms with Crippen molar-refractivity contribution in [1.82, 2.24) is 14.0 Å².